The fraction of sp³-hybridized carbons (Fsp3) is 0.550. The summed E-state index contributed by atoms with van der Waals surface area (Å²) in [6.45, 7) is 3.18. The third kappa shape index (κ3) is 10.2. The lowest BCUT2D eigenvalue weighted by Crippen LogP contribution is -2.59. The molecular weight excluding hydrogens is 464 g/mol. The number of nitrogens with zero attached hydrogens (tertiary/aromatic N) is 1. The summed E-state index contributed by atoms with van der Waals surface area (Å²) in [4.78, 5) is 78.5. The van der Waals surface area contributed by atoms with Crippen LogP contribution in [0.3, 0.4) is 0 Å². The van der Waals surface area contributed by atoms with Crippen molar-refractivity contribution in [1.82, 2.24) is 25.9 Å². The molecule has 0 aliphatic heterocycles. The van der Waals surface area contributed by atoms with E-state index in [1.165, 1.54) is 12.5 Å². The molecule has 1 rings (SSSR count). The highest BCUT2D eigenvalue weighted by atomic mass is 16.4. The van der Waals surface area contributed by atoms with Crippen molar-refractivity contribution in [3.05, 3.63) is 18.2 Å². The largest absolute Gasteiger partial charge is 0.480 e. The topological polar surface area (TPSA) is 265 Å². The maximum atomic E-state index is 12.9. The lowest BCUT2D eigenvalue weighted by molar-refractivity contribution is -0.143. The van der Waals surface area contributed by atoms with E-state index in [-0.39, 0.29) is 19.3 Å². The molecule has 194 valence electrons. The number of carbonyl (C=O) groups is 6. The van der Waals surface area contributed by atoms with Crippen molar-refractivity contribution in [3.63, 3.8) is 0 Å². The summed E-state index contributed by atoms with van der Waals surface area (Å²) >= 11 is 0. The van der Waals surface area contributed by atoms with Gasteiger partial charge < -0.3 is 43.2 Å². The minimum absolute atomic E-state index is 0.0790. The first kappa shape index (κ1) is 29.0. The number of imidazole rings is 1. The number of amides is 5. The average Bonchev–Trinajstić information content (AvgIpc) is 3.26. The number of primary amides is 2. The number of rotatable bonds is 15. The van der Waals surface area contributed by atoms with Gasteiger partial charge in [0.25, 0.3) is 0 Å². The molecule has 1 heterocycles. The summed E-state index contributed by atoms with van der Waals surface area (Å²) < 4.78 is 0. The molecule has 11 N–H and O–H groups in total. The van der Waals surface area contributed by atoms with Crippen molar-refractivity contribution in [2.24, 2.45) is 23.1 Å². The van der Waals surface area contributed by atoms with Crippen molar-refractivity contribution in [2.45, 2.75) is 63.7 Å². The molecule has 0 saturated heterocycles. The molecule has 15 nitrogen and oxygen atoms in total. The van der Waals surface area contributed by atoms with Crippen molar-refractivity contribution in [3.8, 4) is 0 Å². The van der Waals surface area contributed by atoms with Crippen LogP contribution in [0.2, 0.25) is 0 Å². The van der Waals surface area contributed by atoms with E-state index in [1.54, 1.807) is 13.8 Å². The Bertz CT molecular complexity index is 919. The van der Waals surface area contributed by atoms with Gasteiger partial charge in [0.2, 0.25) is 29.5 Å². The van der Waals surface area contributed by atoms with Crippen LogP contribution in [0.25, 0.3) is 0 Å². The van der Waals surface area contributed by atoms with Crippen LogP contribution in [0.5, 0.6) is 0 Å². The summed E-state index contributed by atoms with van der Waals surface area (Å²) in [6, 6.07) is -5.17. The third-order valence-corrected chi connectivity index (χ3v) is 4.91. The van der Waals surface area contributed by atoms with Crippen LogP contribution in [0.4, 0.5) is 0 Å². The number of carboxylic acid groups (broad SMARTS) is 1. The molecular formula is C20H32N8O7. The Morgan fingerprint density at radius 1 is 0.971 bits per heavy atom. The summed E-state index contributed by atoms with van der Waals surface area (Å²) in [5, 5.41) is 16.3. The van der Waals surface area contributed by atoms with Gasteiger partial charge in [0.1, 0.15) is 18.1 Å². The Kier molecular flexibility index (Phi) is 11.3. The van der Waals surface area contributed by atoms with E-state index in [0.717, 1.165) is 0 Å². The minimum Gasteiger partial charge on any atom is -0.480 e. The van der Waals surface area contributed by atoms with E-state index in [2.05, 4.69) is 25.9 Å². The highest BCUT2D eigenvalue weighted by Crippen LogP contribution is 2.07. The molecule has 1 aromatic heterocycles. The average molecular weight is 497 g/mol. The second-order valence-electron chi connectivity index (χ2n) is 8.25. The highest BCUT2D eigenvalue weighted by Gasteiger charge is 2.32. The van der Waals surface area contributed by atoms with Gasteiger partial charge in [-0.15, -0.1) is 0 Å². The second kappa shape index (κ2) is 13.6. The number of aliphatic carboxylic acids is 1. The smallest absolute Gasteiger partial charge is 0.326 e. The molecule has 0 aliphatic carbocycles. The number of nitrogens with two attached hydrogens (primary N) is 3. The number of carbonyl (C=O) groups excluding carboxylic acids is 5. The SMILES string of the molecule is CC(C)C(NC(=O)C(CC(N)=O)NC(=O)C(N)Cc1cnc[nH]1)C(=O)NC(CCC(N)=O)C(=O)O. The third-order valence-electron chi connectivity index (χ3n) is 4.91. The summed E-state index contributed by atoms with van der Waals surface area (Å²) in [5.41, 5.74) is 16.7. The molecule has 0 saturated carbocycles. The molecule has 4 atom stereocenters. The lowest BCUT2D eigenvalue weighted by atomic mass is 10.0. The van der Waals surface area contributed by atoms with E-state index < -0.39 is 72.0 Å². The normalized spacial score (nSPS) is 14.3. The van der Waals surface area contributed by atoms with Gasteiger partial charge >= 0.3 is 5.97 Å². The fourth-order valence-corrected chi connectivity index (χ4v) is 3.01. The molecule has 4 unspecified atom stereocenters. The summed E-state index contributed by atoms with van der Waals surface area (Å²) in [6.07, 6.45) is 1.86. The van der Waals surface area contributed by atoms with Crippen LogP contribution in [-0.4, -0.2) is 74.7 Å². The number of hydrogen-bond acceptors (Lipinski definition) is 8. The Morgan fingerprint density at radius 2 is 1.60 bits per heavy atom. The first-order chi connectivity index (χ1) is 16.3. The van der Waals surface area contributed by atoms with E-state index >= 15 is 0 Å². The minimum atomic E-state index is -1.44. The van der Waals surface area contributed by atoms with Crippen LogP contribution in [0.15, 0.2) is 12.5 Å². The van der Waals surface area contributed by atoms with Gasteiger partial charge in [0.15, 0.2) is 0 Å². The van der Waals surface area contributed by atoms with Crippen LogP contribution < -0.4 is 33.2 Å². The van der Waals surface area contributed by atoms with Crippen LogP contribution in [0.1, 0.15) is 38.8 Å². The summed E-state index contributed by atoms with van der Waals surface area (Å²) in [5.74, 6) is -6.03. The van der Waals surface area contributed by atoms with E-state index in [0.29, 0.717) is 5.69 Å². The van der Waals surface area contributed by atoms with Gasteiger partial charge in [0.05, 0.1) is 18.8 Å². The highest BCUT2D eigenvalue weighted by molar-refractivity contribution is 5.96. The molecule has 0 bridgehead atoms. The number of nitrogens with one attached hydrogen (secondary N) is 4. The first-order valence-electron chi connectivity index (χ1n) is 10.7. The Morgan fingerprint density at radius 3 is 2.09 bits per heavy atom. The Balaban J connectivity index is 2.91. The van der Waals surface area contributed by atoms with Crippen molar-refractivity contribution < 1.29 is 33.9 Å². The zero-order valence-corrected chi connectivity index (χ0v) is 19.4. The number of H-pyrrole nitrogens is 1. The van der Waals surface area contributed by atoms with Gasteiger partial charge in [-0.3, -0.25) is 24.0 Å². The zero-order chi connectivity index (χ0) is 26.7. The lowest BCUT2D eigenvalue weighted by Gasteiger charge is -2.26. The van der Waals surface area contributed by atoms with Gasteiger partial charge in [-0.2, -0.15) is 0 Å². The van der Waals surface area contributed by atoms with Crippen molar-refractivity contribution >= 4 is 35.5 Å². The van der Waals surface area contributed by atoms with Gasteiger partial charge in [-0.1, -0.05) is 13.8 Å². The first-order valence-corrected chi connectivity index (χ1v) is 10.7. The van der Waals surface area contributed by atoms with Crippen molar-refractivity contribution in [1.29, 1.82) is 0 Å². The molecule has 0 spiro atoms. The standard InChI is InChI=1S/C20H32N8O7/c1-9(2)16(19(33)26-12(20(34)35)3-4-14(22)29)28-18(32)13(6-15(23)30)27-17(31)11(21)5-10-7-24-8-25-10/h7-9,11-13,16H,3-6,21H2,1-2H3,(H2,22,29)(H2,23,30)(H,24,25)(H,26,33)(H,27,31)(H,28,32)(H,34,35). The van der Waals surface area contributed by atoms with E-state index in [4.69, 9.17) is 17.2 Å². The van der Waals surface area contributed by atoms with Gasteiger partial charge in [-0.25, -0.2) is 9.78 Å². The quantitative estimate of drug-likeness (QED) is 0.120. The van der Waals surface area contributed by atoms with Crippen LogP contribution >= 0.6 is 0 Å². The molecule has 0 aliphatic rings. The van der Waals surface area contributed by atoms with Crippen LogP contribution in [0, 0.1) is 5.92 Å². The number of aromatic amines is 1. The molecule has 35 heavy (non-hydrogen) atoms. The molecule has 15 heteroatoms. The predicted molar refractivity (Wildman–Crippen MR) is 121 cm³/mol. The Labute approximate surface area is 200 Å². The van der Waals surface area contributed by atoms with E-state index in [1.807, 2.05) is 0 Å². The van der Waals surface area contributed by atoms with Gasteiger partial charge in [0, 0.05) is 24.7 Å². The monoisotopic (exact) mass is 496 g/mol. The second-order valence-corrected chi connectivity index (χ2v) is 8.25. The molecule has 0 fully saturated rings. The molecule has 0 radical (unpaired) electrons. The van der Waals surface area contributed by atoms with Crippen molar-refractivity contribution in [2.75, 3.05) is 0 Å². The molecule has 5 amide bonds. The maximum Gasteiger partial charge on any atom is 0.326 e. The number of aromatic nitrogens is 2. The number of hydrogen-bond donors (Lipinski definition) is 8. The maximum absolute atomic E-state index is 12.9. The molecule has 1 aromatic rings. The Hall–Kier alpha value is -4.01. The molecule has 0 aromatic carbocycles. The number of carboxylic acids is 1. The van der Waals surface area contributed by atoms with E-state index in [9.17, 15) is 33.9 Å². The van der Waals surface area contributed by atoms with Crippen LogP contribution in [-0.2, 0) is 35.2 Å². The fourth-order valence-electron chi connectivity index (χ4n) is 3.01. The van der Waals surface area contributed by atoms with Gasteiger partial charge in [-0.05, 0) is 12.3 Å². The predicted octanol–water partition coefficient (Wildman–Crippen LogP) is -3.38. The zero-order valence-electron chi connectivity index (χ0n) is 19.4. The summed E-state index contributed by atoms with van der Waals surface area (Å²) in [7, 11) is 0.